The number of hydrogen-bond acceptors (Lipinski definition) is 6. The first-order valence-corrected chi connectivity index (χ1v) is 13.7. The highest BCUT2D eigenvalue weighted by molar-refractivity contribution is 9.10. The summed E-state index contributed by atoms with van der Waals surface area (Å²) in [6.07, 6.45) is 0.625. The van der Waals surface area contributed by atoms with Gasteiger partial charge in [-0.05, 0) is 66.6 Å². The molecule has 0 radical (unpaired) electrons. The highest BCUT2D eigenvalue weighted by atomic mass is 79.9. The second kappa shape index (κ2) is 11.3. The Morgan fingerprint density at radius 1 is 0.850 bits per heavy atom. The number of hydrogen-bond donors (Lipinski definition) is 0. The molecule has 1 aliphatic rings. The van der Waals surface area contributed by atoms with E-state index in [9.17, 15) is 4.79 Å². The molecule has 0 spiro atoms. The third-order valence-corrected chi connectivity index (χ3v) is 7.24. The van der Waals surface area contributed by atoms with Crippen LogP contribution in [-0.2, 0) is 4.79 Å². The van der Waals surface area contributed by atoms with Crippen molar-refractivity contribution in [3.05, 3.63) is 124 Å². The van der Waals surface area contributed by atoms with Gasteiger partial charge in [-0.3, -0.25) is 4.79 Å². The predicted octanol–water partition coefficient (Wildman–Crippen LogP) is 7.23. The van der Waals surface area contributed by atoms with Crippen molar-refractivity contribution < 1.29 is 13.9 Å². The number of carbonyl (C=O) groups is 1. The fourth-order valence-corrected chi connectivity index (χ4v) is 4.81. The van der Waals surface area contributed by atoms with Crippen LogP contribution < -0.4 is 4.74 Å². The van der Waals surface area contributed by atoms with Gasteiger partial charge in [-0.25, -0.2) is 5.01 Å². The predicted molar refractivity (Wildman–Crippen MR) is 157 cm³/mol. The Labute approximate surface area is 240 Å². The SMILES string of the molecule is Cc1ccc(C2CC(c3ccc(Br)cc3)=NN2C(=O)COc2ccc(-c3nnc(-c4ccccc4)o3)cc2)cc1. The molecule has 0 bridgehead atoms. The smallest absolute Gasteiger partial charge is 0.281 e. The van der Waals surface area contributed by atoms with Gasteiger partial charge in [0.15, 0.2) is 6.61 Å². The van der Waals surface area contributed by atoms with Gasteiger partial charge in [-0.2, -0.15) is 5.10 Å². The lowest BCUT2D eigenvalue weighted by molar-refractivity contribution is -0.135. The highest BCUT2D eigenvalue weighted by Gasteiger charge is 2.33. The van der Waals surface area contributed by atoms with Gasteiger partial charge in [0.25, 0.3) is 5.91 Å². The molecule has 198 valence electrons. The molecule has 5 aromatic rings. The highest BCUT2D eigenvalue weighted by Crippen LogP contribution is 2.33. The maximum Gasteiger partial charge on any atom is 0.281 e. The molecule has 7 nitrogen and oxygen atoms in total. The number of halogens is 1. The average Bonchev–Trinajstić information content (AvgIpc) is 3.66. The molecule has 4 aromatic carbocycles. The van der Waals surface area contributed by atoms with Crippen molar-refractivity contribution in [3.8, 4) is 28.7 Å². The molecule has 1 amide bonds. The number of benzene rings is 4. The second-order valence-electron chi connectivity index (χ2n) is 9.51. The Morgan fingerprint density at radius 2 is 1.48 bits per heavy atom. The summed E-state index contributed by atoms with van der Waals surface area (Å²) in [5.74, 6) is 1.21. The summed E-state index contributed by atoms with van der Waals surface area (Å²) in [7, 11) is 0. The van der Waals surface area contributed by atoms with E-state index in [1.807, 2.05) is 73.7 Å². The van der Waals surface area contributed by atoms with Gasteiger partial charge in [0.2, 0.25) is 11.8 Å². The molecule has 1 aliphatic heterocycles. The van der Waals surface area contributed by atoms with E-state index in [-0.39, 0.29) is 18.6 Å². The minimum absolute atomic E-state index is 0.141. The minimum Gasteiger partial charge on any atom is -0.484 e. The number of rotatable bonds is 7. The molecule has 1 unspecified atom stereocenters. The summed E-state index contributed by atoms with van der Waals surface area (Å²) < 4.78 is 12.7. The number of aromatic nitrogens is 2. The van der Waals surface area contributed by atoms with Gasteiger partial charge in [-0.1, -0.05) is 76.1 Å². The standard InChI is InChI=1S/C32H25BrN4O3/c1-21-7-9-23(10-8-21)29-19-28(22-11-15-26(33)16-12-22)36-37(29)30(38)20-39-27-17-13-25(14-18-27)32-35-34-31(40-32)24-5-3-2-4-6-24/h2-18,29H,19-20H2,1H3. The van der Waals surface area contributed by atoms with Crippen LogP contribution in [-0.4, -0.2) is 33.4 Å². The zero-order valence-electron chi connectivity index (χ0n) is 21.7. The molecule has 1 atom stereocenters. The molecule has 0 saturated heterocycles. The molecular formula is C32H25BrN4O3. The van der Waals surface area contributed by atoms with Gasteiger partial charge >= 0.3 is 0 Å². The molecule has 1 aromatic heterocycles. The zero-order valence-corrected chi connectivity index (χ0v) is 23.3. The van der Waals surface area contributed by atoms with Crippen LogP contribution in [0.4, 0.5) is 0 Å². The lowest BCUT2D eigenvalue weighted by Gasteiger charge is -2.22. The fourth-order valence-electron chi connectivity index (χ4n) is 4.55. The monoisotopic (exact) mass is 592 g/mol. The van der Waals surface area contributed by atoms with Crippen molar-refractivity contribution in [1.29, 1.82) is 0 Å². The summed E-state index contributed by atoms with van der Waals surface area (Å²) in [6.45, 7) is 1.91. The molecule has 6 rings (SSSR count). The molecule has 40 heavy (non-hydrogen) atoms. The fraction of sp³-hybridized carbons (Fsp3) is 0.125. The number of nitrogens with zero attached hydrogens (tertiary/aromatic N) is 4. The Hall–Kier alpha value is -4.56. The van der Waals surface area contributed by atoms with Crippen LogP contribution >= 0.6 is 15.9 Å². The molecular weight excluding hydrogens is 568 g/mol. The van der Waals surface area contributed by atoms with Gasteiger partial charge in [0, 0.05) is 22.0 Å². The average molecular weight is 593 g/mol. The van der Waals surface area contributed by atoms with Crippen LogP contribution in [0.15, 0.2) is 117 Å². The van der Waals surface area contributed by atoms with E-state index in [4.69, 9.17) is 14.3 Å². The largest absolute Gasteiger partial charge is 0.484 e. The summed E-state index contributed by atoms with van der Waals surface area (Å²) in [4.78, 5) is 13.4. The minimum atomic E-state index is -0.217. The summed E-state index contributed by atoms with van der Waals surface area (Å²) in [5, 5.41) is 14.6. The summed E-state index contributed by atoms with van der Waals surface area (Å²) >= 11 is 3.48. The maximum absolute atomic E-state index is 13.4. The lowest BCUT2D eigenvalue weighted by Crippen LogP contribution is -2.31. The summed E-state index contributed by atoms with van der Waals surface area (Å²) in [5.41, 5.74) is 5.67. The van der Waals surface area contributed by atoms with E-state index in [0.29, 0.717) is 24.0 Å². The molecule has 2 heterocycles. The molecule has 0 fully saturated rings. The zero-order chi connectivity index (χ0) is 27.5. The number of ether oxygens (including phenoxy) is 1. The quantitative estimate of drug-likeness (QED) is 0.199. The number of amides is 1. The first-order valence-electron chi connectivity index (χ1n) is 12.9. The van der Waals surface area contributed by atoms with Crippen LogP contribution in [0, 0.1) is 6.92 Å². The Morgan fingerprint density at radius 3 is 2.15 bits per heavy atom. The second-order valence-corrected chi connectivity index (χ2v) is 10.4. The van der Waals surface area contributed by atoms with Crippen LogP contribution in [0.5, 0.6) is 5.75 Å². The third kappa shape index (κ3) is 5.58. The van der Waals surface area contributed by atoms with Crippen LogP contribution in [0.3, 0.4) is 0 Å². The van der Waals surface area contributed by atoms with Crippen molar-refractivity contribution in [2.24, 2.45) is 5.10 Å². The Kier molecular flexibility index (Phi) is 7.25. The lowest BCUT2D eigenvalue weighted by atomic mass is 9.98. The van der Waals surface area contributed by atoms with Gasteiger partial charge in [0.05, 0.1) is 11.8 Å². The number of aryl methyl sites for hydroxylation is 1. The van der Waals surface area contributed by atoms with Crippen molar-refractivity contribution in [2.45, 2.75) is 19.4 Å². The normalized spacial score (nSPS) is 14.7. The van der Waals surface area contributed by atoms with Crippen LogP contribution in [0.1, 0.15) is 29.2 Å². The van der Waals surface area contributed by atoms with E-state index < -0.39 is 0 Å². The van der Waals surface area contributed by atoms with Gasteiger partial charge < -0.3 is 9.15 Å². The van der Waals surface area contributed by atoms with E-state index in [2.05, 4.69) is 50.4 Å². The first kappa shape index (κ1) is 25.7. The molecule has 8 heteroatoms. The van der Waals surface area contributed by atoms with Crippen molar-refractivity contribution in [2.75, 3.05) is 6.61 Å². The number of hydrazone groups is 1. The van der Waals surface area contributed by atoms with Gasteiger partial charge in [0.1, 0.15) is 5.75 Å². The topological polar surface area (TPSA) is 80.8 Å². The van der Waals surface area contributed by atoms with E-state index in [0.717, 1.165) is 38.0 Å². The van der Waals surface area contributed by atoms with Crippen LogP contribution in [0.2, 0.25) is 0 Å². The van der Waals surface area contributed by atoms with Gasteiger partial charge in [-0.15, -0.1) is 10.2 Å². The summed E-state index contributed by atoms with van der Waals surface area (Å²) in [6, 6.07) is 32.8. The molecule has 0 aliphatic carbocycles. The molecule has 0 N–H and O–H groups in total. The Bertz CT molecular complexity index is 1650. The first-order chi connectivity index (χ1) is 19.5. The van der Waals surface area contributed by atoms with Crippen molar-refractivity contribution >= 4 is 27.5 Å². The van der Waals surface area contributed by atoms with Crippen LogP contribution in [0.25, 0.3) is 22.9 Å². The van der Waals surface area contributed by atoms with E-state index in [1.54, 1.807) is 17.1 Å². The van der Waals surface area contributed by atoms with Crippen molar-refractivity contribution in [1.82, 2.24) is 15.2 Å². The maximum atomic E-state index is 13.4. The van der Waals surface area contributed by atoms with E-state index in [1.165, 1.54) is 0 Å². The molecule has 0 saturated carbocycles. The number of carbonyl (C=O) groups excluding carboxylic acids is 1. The third-order valence-electron chi connectivity index (χ3n) is 6.71. The van der Waals surface area contributed by atoms with E-state index >= 15 is 0 Å². The Balaban J connectivity index is 1.16. The van der Waals surface area contributed by atoms with Crippen molar-refractivity contribution in [3.63, 3.8) is 0 Å².